The van der Waals surface area contributed by atoms with Crippen LogP contribution in [0.2, 0.25) is 0 Å². The van der Waals surface area contributed by atoms with E-state index in [2.05, 4.69) is 26.1 Å². The lowest BCUT2D eigenvalue weighted by molar-refractivity contribution is 0.258. The molecule has 0 radical (unpaired) electrons. The second-order valence-electron chi connectivity index (χ2n) is 3.23. The molecule has 78 valence electrons. The van der Waals surface area contributed by atoms with Gasteiger partial charge < -0.3 is 10.1 Å². The maximum Gasteiger partial charge on any atom is 0.282 e. The molecular formula is C10H22N2O. The minimum absolute atomic E-state index is 0.0479. The van der Waals surface area contributed by atoms with Crippen molar-refractivity contribution in [2.75, 3.05) is 6.61 Å². The van der Waals surface area contributed by atoms with Gasteiger partial charge in [0.25, 0.3) is 6.02 Å². The molecule has 0 aliphatic carbocycles. The smallest absolute Gasteiger partial charge is 0.282 e. The quantitative estimate of drug-likeness (QED) is 0.512. The summed E-state index contributed by atoms with van der Waals surface area (Å²) in [6.07, 6.45) is 3.07. The highest BCUT2D eigenvalue weighted by Gasteiger charge is 2.24. The minimum atomic E-state index is 0.0479. The SMILES string of the molecule is CCOC(=N)NC(CC)(CC)CC. The highest BCUT2D eigenvalue weighted by Crippen LogP contribution is 2.18. The standard InChI is InChI=1S/C10H22N2O/c1-5-10(6-2,7-3)12-9(11)13-8-4/h5-8H2,1-4H3,(H2,11,12). The molecule has 13 heavy (non-hydrogen) atoms. The Morgan fingerprint density at radius 2 is 1.62 bits per heavy atom. The molecule has 0 saturated heterocycles. The third-order valence-corrected chi connectivity index (χ3v) is 2.70. The highest BCUT2D eigenvalue weighted by molar-refractivity contribution is 5.70. The summed E-state index contributed by atoms with van der Waals surface area (Å²) >= 11 is 0. The maximum atomic E-state index is 7.52. The van der Waals surface area contributed by atoms with E-state index in [0.29, 0.717) is 6.61 Å². The van der Waals surface area contributed by atoms with Crippen LogP contribution in [0.1, 0.15) is 47.0 Å². The van der Waals surface area contributed by atoms with E-state index in [-0.39, 0.29) is 11.6 Å². The van der Waals surface area contributed by atoms with Crippen LogP contribution < -0.4 is 5.32 Å². The first-order valence-electron chi connectivity index (χ1n) is 5.13. The molecule has 0 aliphatic heterocycles. The van der Waals surface area contributed by atoms with Crippen molar-refractivity contribution in [3.63, 3.8) is 0 Å². The van der Waals surface area contributed by atoms with Crippen LogP contribution in [-0.4, -0.2) is 18.2 Å². The third kappa shape index (κ3) is 3.66. The zero-order valence-corrected chi connectivity index (χ0v) is 9.24. The van der Waals surface area contributed by atoms with Gasteiger partial charge in [-0.2, -0.15) is 0 Å². The second kappa shape index (κ2) is 5.84. The van der Waals surface area contributed by atoms with Gasteiger partial charge in [-0.1, -0.05) is 20.8 Å². The van der Waals surface area contributed by atoms with Gasteiger partial charge in [0.05, 0.1) is 6.61 Å². The van der Waals surface area contributed by atoms with E-state index in [0.717, 1.165) is 19.3 Å². The summed E-state index contributed by atoms with van der Waals surface area (Å²) in [7, 11) is 0. The Morgan fingerprint density at radius 3 is 1.92 bits per heavy atom. The molecule has 0 fully saturated rings. The Hall–Kier alpha value is -0.730. The first-order chi connectivity index (χ1) is 6.14. The summed E-state index contributed by atoms with van der Waals surface area (Å²) in [5, 5.41) is 10.7. The summed E-state index contributed by atoms with van der Waals surface area (Å²) in [6, 6.07) is 0.202. The fourth-order valence-electron chi connectivity index (χ4n) is 1.44. The molecule has 0 aromatic rings. The average Bonchev–Trinajstić information content (AvgIpc) is 2.15. The van der Waals surface area contributed by atoms with Gasteiger partial charge in [-0.15, -0.1) is 0 Å². The summed E-state index contributed by atoms with van der Waals surface area (Å²) in [5.41, 5.74) is 0.0479. The molecule has 0 atom stereocenters. The summed E-state index contributed by atoms with van der Waals surface area (Å²) in [6.45, 7) is 8.86. The number of rotatable bonds is 5. The molecule has 0 aromatic carbocycles. The topological polar surface area (TPSA) is 45.1 Å². The van der Waals surface area contributed by atoms with Gasteiger partial charge in [-0.25, -0.2) is 0 Å². The van der Waals surface area contributed by atoms with Gasteiger partial charge in [-0.3, -0.25) is 5.41 Å². The number of hydrogen-bond acceptors (Lipinski definition) is 2. The lowest BCUT2D eigenvalue weighted by atomic mass is 9.90. The number of amidine groups is 1. The molecule has 0 bridgehead atoms. The summed E-state index contributed by atoms with van der Waals surface area (Å²) < 4.78 is 5.08. The van der Waals surface area contributed by atoms with E-state index in [4.69, 9.17) is 10.1 Å². The Kier molecular flexibility index (Phi) is 5.51. The zero-order valence-electron chi connectivity index (χ0n) is 9.24. The Balaban J connectivity index is 4.16. The van der Waals surface area contributed by atoms with Crippen LogP contribution in [0.5, 0.6) is 0 Å². The lowest BCUT2D eigenvalue weighted by Gasteiger charge is -2.32. The van der Waals surface area contributed by atoms with E-state index < -0.39 is 0 Å². The van der Waals surface area contributed by atoms with E-state index >= 15 is 0 Å². The van der Waals surface area contributed by atoms with E-state index in [9.17, 15) is 0 Å². The van der Waals surface area contributed by atoms with Crippen molar-refractivity contribution in [3.05, 3.63) is 0 Å². The van der Waals surface area contributed by atoms with Crippen molar-refractivity contribution >= 4 is 6.02 Å². The number of ether oxygens (including phenoxy) is 1. The summed E-state index contributed by atoms with van der Waals surface area (Å²) in [4.78, 5) is 0. The van der Waals surface area contributed by atoms with Gasteiger partial charge in [0.1, 0.15) is 0 Å². The van der Waals surface area contributed by atoms with Gasteiger partial charge in [-0.05, 0) is 26.2 Å². The normalized spacial score (nSPS) is 11.1. The molecule has 0 aromatic heterocycles. The number of hydrogen-bond donors (Lipinski definition) is 2. The van der Waals surface area contributed by atoms with Gasteiger partial charge in [0.2, 0.25) is 0 Å². The molecular weight excluding hydrogens is 164 g/mol. The Bertz CT molecular complexity index is 145. The van der Waals surface area contributed by atoms with Crippen molar-refractivity contribution in [1.29, 1.82) is 5.41 Å². The molecule has 0 spiro atoms. The van der Waals surface area contributed by atoms with Gasteiger partial charge in [0.15, 0.2) is 0 Å². The van der Waals surface area contributed by atoms with Crippen molar-refractivity contribution < 1.29 is 4.74 Å². The predicted octanol–water partition coefficient (Wildman–Crippen LogP) is 2.52. The predicted molar refractivity (Wildman–Crippen MR) is 56.1 cm³/mol. The van der Waals surface area contributed by atoms with Crippen LogP contribution in [0, 0.1) is 5.41 Å². The molecule has 0 rings (SSSR count). The Labute approximate surface area is 81.4 Å². The van der Waals surface area contributed by atoms with Gasteiger partial charge >= 0.3 is 0 Å². The molecule has 0 aliphatic rings. The van der Waals surface area contributed by atoms with Crippen molar-refractivity contribution in [1.82, 2.24) is 5.32 Å². The largest absolute Gasteiger partial charge is 0.466 e. The van der Waals surface area contributed by atoms with Gasteiger partial charge in [0, 0.05) is 5.54 Å². The van der Waals surface area contributed by atoms with Crippen LogP contribution in [0.4, 0.5) is 0 Å². The first kappa shape index (κ1) is 12.3. The highest BCUT2D eigenvalue weighted by atomic mass is 16.5. The van der Waals surface area contributed by atoms with Crippen molar-refractivity contribution in [2.24, 2.45) is 0 Å². The molecule has 0 amide bonds. The van der Waals surface area contributed by atoms with Crippen molar-refractivity contribution in [2.45, 2.75) is 52.5 Å². The second-order valence-corrected chi connectivity index (χ2v) is 3.23. The minimum Gasteiger partial charge on any atom is -0.466 e. The molecule has 0 saturated carbocycles. The van der Waals surface area contributed by atoms with Crippen molar-refractivity contribution in [3.8, 4) is 0 Å². The maximum absolute atomic E-state index is 7.52. The fraction of sp³-hybridized carbons (Fsp3) is 0.900. The molecule has 2 N–H and O–H groups in total. The lowest BCUT2D eigenvalue weighted by Crippen LogP contribution is -2.47. The third-order valence-electron chi connectivity index (χ3n) is 2.70. The summed E-state index contributed by atoms with van der Waals surface area (Å²) in [5.74, 6) is 0. The fourth-order valence-corrected chi connectivity index (χ4v) is 1.44. The van der Waals surface area contributed by atoms with E-state index in [1.165, 1.54) is 0 Å². The molecule has 3 nitrogen and oxygen atoms in total. The average molecular weight is 186 g/mol. The number of nitrogens with one attached hydrogen (secondary N) is 2. The zero-order chi connectivity index (χ0) is 10.3. The van der Waals surface area contributed by atoms with Crippen LogP contribution >= 0.6 is 0 Å². The van der Waals surface area contributed by atoms with Crippen LogP contribution in [-0.2, 0) is 4.74 Å². The van der Waals surface area contributed by atoms with Crippen LogP contribution in [0.15, 0.2) is 0 Å². The van der Waals surface area contributed by atoms with Crippen LogP contribution in [0.3, 0.4) is 0 Å². The Morgan fingerprint density at radius 1 is 1.15 bits per heavy atom. The molecule has 3 heteroatoms. The van der Waals surface area contributed by atoms with Crippen LogP contribution in [0.25, 0.3) is 0 Å². The van der Waals surface area contributed by atoms with E-state index in [1.807, 2.05) is 6.92 Å². The monoisotopic (exact) mass is 186 g/mol. The van der Waals surface area contributed by atoms with E-state index in [1.54, 1.807) is 0 Å². The molecule has 0 unspecified atom stereocenters. The first-order valence-corrected chi connectivity index (χ1v) is 5.13. The molecule has 0 heterocycles.